The highest BCUT2D eigenvalue weighted by Crippen LogP contribution is 2.16. The van der Waals surface area contributed by atoms with Gasteiger partial charge in [0.2, 0.25) is 0 Å². The molecule has 2 atom stereocenters. The maximum Gasteiger partial charge on any atom is 0.0431 e. The van der Waals surface area contributed by atoms with Gasteiger partial charge in [0.1, 0.15) is 0 Å². The summed E-state index contributed by atoms with van der Waals surface area (Å²) in [5.74, 6) is 0. The van der Waals surface area contributed by atoms with Gasteiger partial charge < -0.3 is 16.2 Å². The molecule has 4 N–H and O–H groups in total. The van der Waals surface area contributed by atoms with Gasteiger partial charge >= 0.3 is 0 Å². The first-order chi connectivity index (χ1) is 6.33. The van der Waals surface area contributed by atoms with E-state index >= 15 is 0 Å². The molecule has 0 spiro atoms. The van der Waals surface area contributed by atoms with Crippen molar-refractivity contribution in [1.82, 2.24) is 5.32 Å². The van der Waals surface area contributed by atoms with Gasteiger partial charge in [-0.15, -0.1) is 0 Å². The van der Waals surface area contributed by atoms with Gasteiger partial charge in [-0.25, -0.2) is 0 Å². The second-order valence-electron chi connectivity index (χ2n) is 4.01. The van der Waals surface area contributed by atoms with Crippen LogP contribution in [0.3, 0.4) is 0 Å². The summed E-state index contributed by atoms with van der Waals surface area (Å²) in [5, 5.41) is 12.1. The summed E-state index contributed by atoms with van der Waals surface area (Å²) in [4.78, 5) is 0. The molecule has 0 saturated heterocycles. The number of hydrogen-bond acceptors (Lipinski definition) is 3. The molecule has 3 heteroatoms. The predicted octanol–water partition coefficient (Wildman–Crippen LogP) is 0.618. The first-order valence-corrected chi connectivity index (χ1v) is 5.42. The average Bonchev–Trinajstić information content (AvgIpc) is 2.51. The minimum Gasteiger partial charge on any atom is -0.396 e. The molecule has 1 aliphatic carbocycles. The minimum absolute atomic E-state index is 0.328. The molecule has 78 valence electrons. The standard InChI is InChI=1S/C10H22N2O/c11-9-4-5-10(8-9)12-6-2-1-3-7-13/h9-10,12-13H,1-8,11H2. The first-order valence-electron chi connectivity index (χ1n) is 5.42. The van der Waals surface area contributed by atoms with Crippen LogP contribution in [0.2, 0.25) is 0 Å². The van der Waals surface area contributed by atoms with Gasteiger partial charge in [0.15, 0.2) is 0 Å². The molecule has 13 heavy (non-hydrogen) atoms. The van der Waals surface area contributed by atoms with Gasteiger partial charge in [0.25, 0.3) is 0 Å². The zero-order chi connectivity index (χ0) is 9.52. The van der Waals surface area contributed by atoms with Crippen molar-refractivity contribution in [2.24, 2.45) is 5.73 Å². The van der Waals surface area contributed by atoms with Crippen molar-refractivity contribution in [1.29, 1.82) is 0 Å². The van der Waals surface area contributed by atoms with Crippen LogP contribution in [0.25, 0.3) is 0 Å². The lowest BCUT2D eigenvalue weighted by atomic mass is 10.2. The van der Waals surface area contributed by atoms with Gasteiger partial charge in [-0.3, -0.25) is 0 Å². The van der Waals surface area contributed by atoms with Gasteiger partial charge in [-0.1, -0.05) is 0 Å². The Bertz CT molecular complexity index is 130. The maximum absolute atomic E-state index is 8.57. The molecule has 0 aromatic carbocycles. The number of aliphatic hydroxyl groups is 1. The Labute approximate surface area is 80.7 Å². The van der Waals surface area contributed by atoms with Crippen LogP contribution in [0.1, 0.15) is 38.5 Å². The summed E-state index contributed by atoms with van der Waals surface area (Å²) < 4.78 is 0. The SMILES string of the molecule is NC1CCC(NCCCCCO)C1. The second-order valence-corrected chi connectivity index (χ2v) is 4.01. The van der Waals surface area contributed by atoms with E-state index in [1.807, 2.05) is 0 Å². The largest absolute Gasteiger partial charge is 0.396 e. The molecule has 0 bridgehead atoms. The minimum atomic E-state index is 0.328. The van der Waals surface area contributed by atoms with E-state index in [4.69, 9.17) is 10.8 Å². The number of rotatable bonds is 6. The van der Waals surface area contributed by atoms with Crippen molar-refractivity contribution in [2.45, 2.75) is 50.6 Å². The maximum atomic E-state index is 8.57. The lowest BCUT2D eigenvalue weighted by molar-refractivity contribution is 0.282. The quantitative estimate of drug-likeness (QED) is 0.533. The topological polar surface area (TPSA) is 58.3 Å². The normalized spacial score (nSPS) is 28.2. The monoisotopic (exact) mass is 186 g/mol. The molecule has 0 aliphatic heterocycles. The van der Waals surface area contributed by atoms with Crippen LogP contribution in [0.15, 0.2) is 0 Å². The predicted molar refractivity (Wildman–Crippen MR) is 54.6 cm³/mol. The molecule has 0 aromatic rings. The zero-order valence-electron chi connectivity index (χ0n) is 8.34. The first kappa shape index (κ1) is 11.0. The van der Waals surface area contributed by atoms with E-state index in [9.17, 15) is 0 Å². The van der Waals surface area contributed by atoms with Gasteiger partial charge in [0, 0.05) is 18.7 Å². The molecule has 1 aliphatic rings. The third kappa shape index (κ3) is 4.60. The van der Waals surface area contributed by atoms with Crippen molar-refractivity contribution in [3.8, 4) is 0 Å². The fourth-order valence-electron chi connectivity index (χ4n) is 1.92. The molecule has 0 heterocycles. The third-order valence-electron chi connectivity index (χ3n) is 2.74. The number of nitrogens with one attached hydrogen (secondary N) is 1. The Balaban J connectivity index is 1.88. The molecule has 3 nitrogen and oxygen atoms in total. The summed E-state index contributed by atoms with van der Waals surface area (Å²) >= 11 is 0. The Morgan fingerprint density at radius 2 is 2.08 bits per heavy atom. The van der Waals surface area contributed by atoms with Crippen molar-refractivity contribution < 1.29 is 5.11 Å². The van der Waals surface area contributed by atoms with Gasteiger partial charge in [-0.05, 0) is 45.1 Å². The van der Waals surface area contributed by atoms with Crippen molar-refractivity contribution in [3.63, 3.8) is 0 Å². The van der Waals surface area contributed by atoms with Crippen molar-refractivity contribution >= 4 is 0 Å². The number of aliphatic hydroxyl groups excluding tert-OH is 1. The van der Waals surface area contributed by atoms with Crippen molar-refractivity contribution in [3.05, 3.63) is 0 Å². The highest BCUT2D eigenvalue weighted by Gasteiger charge is 2.20. The summed E-state index contributed by atoms with van der Waals surface area (Å²) in [6, 6.07) is 1.08. The number of unbranched alkanes of at least 4 members (excludes halogenated alkanes) is 2. The highest BCUT2D eigenvalue weighted by molar-refractivity contribution is 4.82. The van der Waals surface area contributed by atoms with Crippen LogP contribution < -0.4 is 11.1 Å². The fourth-order valence-corrected chi connectivity index (χ4v) is 1.92. The zero-order valence-corrected chi connectivity index (χ0v) is 8.34. The summed E-state index contributed by atoms with van der Waals surface area (Å²) in [7, 11) is 0. The highest BCUT2D eigenvalue weighted by atomic mass is 16.2. The van der Waals surface area contributed by atoms with E-state index in [0.29, 0.717) is 18.7 Å². The molecule has 1 rings (SSSR count). The van der Waals surface area contributed by atoms with Crippen LogP contribution in [0.5, 0.6) is 0 Å². The van der Waals surface area contributed by atoms with E-state index in [-0.39, 0.29) is 0 Å². The Kier molecular flexibility index (Phi) is 5.35. The number of nitrogens with two attached hydrogens (primary N) is 1. The summed E-state index contributed by atoms with van der Waals surface area (Å²) in [6.45, 7) is 1.41. The van der Waals surface area contributed by atoms with Crippen LogP contribution in [0, 0.1) is 0 Å². The van der Waals surface area contributed by atoms with Gasteiger partial charge in [-0.2, -0.15) is 0 Å². The summed E-state index contributed by atoms with van der Waals surface area (Å²) in [6.07, 6.45) is 6.79. The molecular formula is C10H22N2O. The molecule has 0 radical (unpaired) electrons. The Hall–Kier alpha value is -0.120. The number of hydrogen-bond donors (Lipinski definition) is 3. The van der Waals surface area contributed by atoms with Crippen LogP contribution in [-0.4, -0.2) is 30.3 Å². The molecule has 0 amide bonds. The second kappa shape index (κ2) is 6.35. The Morgan fingerprint density at radius 1 is 1.23 bits per heavy atom. The molecular weight excluding hydrogens is 164 g/mol. The fraction of sp³-hybridized carbons (Fsp3) is 1.00. The third-order valence-corrected chi connectivity index (χ3v) is 2.74. The molecule has 0 aromatic heterocycles. The van der Waals surface area contributed by atoms with E-state index in [2.05, 4.69) is 5.32 Å². The summed E-state index contributed by atoms with van der Waals surface area (Å²) in [5.41, 5.74) is 5.80. The lowest BCUT2D eigenvalue weighted by Crippen LogP contribution is -2.29. The molecule has 1 saturated carbocycles. The smallest absolute Gasteiger partial charge is 0.0431 e. The molecule has 1 fully saturated rings. The average molecular weight is 186 g/mol. The van der Waals surface area contributed by atoms with Crippen LogP contribution >= 0.6 is 0 Å². The molecule has 2 unspecified atom stereocenters. The van der Waals surface area contributed by atoms with E-state index in [1.165, 1.54) is 19.3 Å². The van der Waals surface area contributed by atoms with E-state index in [1.54, 1.807) is 0 Å². The van der Waals surface area contributed by atoms with Crippen LogP contribution in [-0.2, 0) is 0 Å². The Morgan fingerprint density at radius 3 is 2.69 bits per heavy atom. The van der Waals surface area contributed by atoms with Gasteiger partial charge in [0.05, 0.1) is 0 Å². The van der Waals surface area contributed by atoms with E-state index < -0.39 is 0 Å². The van der Waals surface area contributed by atoms with Crippen LogP contribution in [0.4, 0.5) is 0 Å². The van der Waals surface area contributed by atoms with E-state index in [0.717, 1.165) is 25.8 Å². The lowest BCUT2D eigenvalue weighted by Gasteiger charge is -2.11. The van der Waals surface area contributed by atoms with Crippen molar-refractivity contribution in [2.75, 3.05) is 13.2 Å².